The van der Waals surface area contributed by atoms with Crippen molar-refractivity contribution >= 4 is 0 Å². The number of hydrogen-bond donors (Lipinski definition) is 0. The van der Waals surface area contributed by atoms with Gasteiger partial charge >= 0.3 is 0 Å². The lowest BCUT2D eigenvalue weighted by molar-refractivity contribution is 0.670. The number of rotatable bonds is 3. The number of hydrogen-bond acceptors (Lipinski definition) is 1. The van der Waals surface area contributed by atoms with Crippen LogP contribution in [0.4, 0.5) is 0 Å². The maximum absolute atomic E-state index is 4.25. The molecule has 2 nitrogen and oxygen atoms in total. The molecule has 1 aromatic heterocycles. The van der Waals surface area contributed by atoms with E-state index in [9.17, 15) is 0 Å². The molecule has 2 heteroatoms. The summed E-state index contributed by atoms with van der Waals surface area (Å²) in [7, 11) is 0. The summed E-state index contributed by atoms with van der Waals surface area (Å²) >= 11 is 0. The van der Waals surface area contributed by atoms with Crippen LogP contribution in [0.25, 0.3) is 0 Å². The molecule has 1 atom stereocenters. The van der Waals surface area contributed by atoms with Gasteiger partial charge in [0.25, 0.3) is 0 Å². The van der Waals surface area contributed by atoms with E-state index >= 15 is 0 Å². The largest absolute Gasteiger partial charge is 0.326 e. The summed E-state index contributed by atoms with van der Waals surface area (Å²) in [6.07, 6.45) is 9.53. The molecule has 21 heavy (non-hydrogen) atoms. The summed E-state index contributed by atoms with van der Waals surface area (Å²) < 4.78 is 2.21. The van der Waals surface area contributed by atoms with Crippen molar-refractivity contribution in [3.05, 3.63) is 89.5 Å². The van der Waals surface area contributed by atoms with Gasteiger partial charge in [0.2, 0.25) is 0 Å². The lowest BCUT2D eigenvalue weighted by Gasteiger charge is -2.22. The van der Waals surface area contributed by atoms with Crippen molar-refractivity contribution in [3.63, 3.8) is 0 Å². The van der Waals surface area contributed by atoms with Crippen LogP contribution in [0.5, 0.6) is 0 Å². The predicted octanol–water partition coefficient (Wildman–Crippen LogP) is 4.01. The van der Waals surface area contributed by atoms with E-state index in [1.165, 1.54) is 36.0 Å². The first-order valence-electron chi connectivity index (χ1n) is 7.56. The van der Waals surface area contributed by atoms with Crippen molar-refractivity contribution in [2.75, 3.05) is 0 Å². The molecule has 0 bridgehead atoms. The van der Waals surface area contributed by atoms with Crippen molar-refractivity contribution in [3.8, 4) is 0 Å². The van der Waals surface area contributed by atoms with Gasteiger partial charge in [0.05, 0.1) is 12.4 Å². The Bertz CT molecular complexity index is 730. The molecular weight excluding hydrogens is 256 g/mol. The van der Waals surface area contributed by atoms with Crippen LogP contribution in [-0.4, -0.2) is 9.55 Å². The standard InChI is InChI=1S/C19H18N2/c1-2-6-16(7-3-1)19(21-13-12-20-14-21)18-11-5-9-15-8-4-10-17(15)18/h1-3,5-7,9,11-14,19H,4,8,10H2. The molecular formula is C19H18N2. The van der Waals surface area contributed by atoms with Crippen LogP contribution >= 0.6 is 0 Å². The fraction of sp³-hybridized carbons (Fsp3) is 0.211. The molecule has 1 aliphatic rings. The van der Waals surface area contributed by atoms with Gasteiger partial charge in [-0.1, -0.05) is 48.5 Å². The third-order valence-corrected chi connectivity index (χ3v) is 4.42. The van der Waals surface area contributed by atoms with Crippen molar-refractivity contribution < 1.29 is 0 Å². The summed E-state index contributed by atoms with van der Waals surface area (Å²) in [5.74, 6) is 0. The second-order valence-corrected chi connectivity index (χ2v) is 5.66. The Morgan fingerprint density at radius 1 is 0.952 bits per heavy atom. The first-order valence-corrected chi connectivity index (χ1v) is 7.56. The van der Waals surface area contributed by atoms with E-state index in [2.05, 4.69) is 64.3 Å². The minimum Gasteiger partial charge on any atom is -0.326 e. The molecule has 0 N–H and O–H groups in total. The molecule has 3 aromatic rings. The molecule has 0 aliphatic heterocycles. The average molecular weight is 274 g/mol. The number of aromatic nitrogens is 2. The minimum absolute atomic E-state index is 0.224. The van der Waals surface area contributed by atoms with Crippen LogP contribution in [-0.2, 0) is 12.8 Å². The van der Waals surface area contributed by atoms with Crippen molar-refractivity contribution in [1.82, 2.24) is 9.55 Å². The minimum atomic E-state index is 0.224. The van der Waals surface area contributed by atoms with E-state index in [0.717, 1.165) is 0 Å². The molecule has 4 rings (SSSR count). The summed E-state index contributed by atoms with van der Waals surface area (Å²) in [5, 5.41) is 0. The van der Waals surface area contributed by atoms with Crippen molar-refractivity contribution in [1.29, 1.82) is 0 Å². The quantitative estimate of drug-likeness (QED) is 0.705. The van der Waals surface area contributed by atoms with E-state index in [-0.39, 0.29) is 6.04 Å². The van der Waals surface area contributed by atoms with Gasteiger partial charge in [-0.3, -0.25) is 0 Å². The van der Waals surface area contributed by atoms with Gasteiger partial charge in [-0.2, -0.15) is 0 Å². The maximum Gasteiger partial charge on any atom is 0.0954 e. The number of nitrogens with zero attached hydrogens (tertiary/aromatic N) is 2. The maximum atomic E-state index is 4.25. The monoisotopic (exact) mass is 274 g/mol. The molecule has 1 unspecified atom stereocenters. The Morgan fingerprint density at radius 2 is 1.86 bits per heavy atom. The van der Waals surface area contributed by atoms with Gasteiger partial charge in [-0.05, 0) is 41.5 Å². The van der Waals surface area contributed by atoms with Gasteiger partial charge in [0, 0.05) is 12.4 Å². The molecule has 104 valence electrons. The molecule has 0 fully saturated rings. The van der Waals surface area contributed by atoms with Crippen LogP contribution in [0, 0.1) is 0 Å². The normalized spacial score (nSPS) is 14.9. The van der Waals surface area contributed by atoms with Crippen LogP contribution in [0.2, 0.25) is 0 Å². The highest BCUT2D eigenvalue weighted by Gasteiger charge is 2.22. The van der Waals surface area contributed by atoms with E-state index in [1.807, 2.05) is 12.5 Å². The molecule has 0 radical (unpaired) electrons. The molecule has 1 aliphatic carbocycles. The lowest BCUT2D eigenvalue weighted by atomic mass is 9.92. The zero-order valence-electron chi connectivity index (χ0n) is 11.9. The molecule has 0 saturated carbocycles. The van der Waals surface area contributed by atoms with E-state index in [0.29, 0.717) is 0 Å². The van der Waals surface area contributed by atoms with Crippen LogP contribution in [0.3, 0.4) is 0 Å². The van der Waals surface area contributed by atoms with Crippen LogP contribution in [0.15, 0.2) is 67.3 Å². The highest BCUT2D eigenvalue weighted by atomic mass is 15.1. The first-order chi connectivity index (χ1) is 10.4. The Balaban J connectivity index is 1.90. The summed E-state index contributed by atoms with van der Waals surface area (Å²) in [4.78, 5) is 4.25. The lowest BCUT2D eigenvalue weighted by Crippen LogP contribution is -2.12. The number of benzene rings is 2. The Labute approximate surface area is 125 Å². The predicted molar refractivity (Wildman–Crippen MR) is 84.4 cm³/mol. The fourth-order valence-corrected chi connectivity index (χ4v) is 3.48. The van der Waals surface area contributed by atoms with Crippen LogP contribution in [0.1, 0.15) is 34.7 Å². The molecule has 1 heterocycles. The van der Waals surface area contributed by atoms with E-state index < -0.39 is 0 Å². The number of imidazole rings is 1. The second-order valence-electron chi connectivity index (χ2n) is 5.66. The number of fused-ring (bicyclic) bond motifs is 1. The third-order valence-electron chi connectivity index (χ3n) is 4.42. The number of aryl methyl sites for hydroxylation is 1. The highest BCUT2D eigenvalue weighted by Crippen LogP contribution is 2.34. The second kappa shape index (κ2) is 5.21. The molecule has 0 spiro atoms. The Morgan fingerprint density at radius 3 is 2.67 bits per heavy atom. The summed E-state index contributed by atoms with van der Waals surface area (Å²) in [6.45, 7) is 0. The van der Waals surface area contributed by atoms with E-state index in [1.54, 1.807) is 5.56 Å². The molecule has 0 amide bonds. The summed E-state index contributed by atoms with van der Waals surface area (Å²) in [6, 6.07) is 17.7. The van der Waals surface area contributed by atoms with Gasteiger partial charge in [0.15, 0.2) is 0 Å². The van der Waals surface area contributed by atoms with Crippen molar-refractivity contribution in [2.45, 2.75) is 25.3 Å². The van der Waals surface area contributed by atoms with E-state index in [4.69, 9.17) is 0 Å². The zero-order valence-corrected chi connectivity index (χ0v) is 11.9. The molecule has 2 aromatic carbocycles. The SMILES string of the molecule is c1ccc(C(c2cccc3c2CCC3)n2ccnc2)cc1. The van der Waals surface area contributed by atoms with Gasteiger partial charge in [-0.25, -0.2) is 4.98 Å². The Hall–Kier alpha value is -2.35. The van der Waals surface area contributed by atoms with Crippen molar-refractivity contribution in [2.24, 2.45) is 0 Å². The first kappa shape index (κ1) is 12.4. The fourth-order valence-electron chi connectivity index (χ4n) is 3.48. The van der Waals surface area contributed by atoms with Gasteiger partial charge < -0.3 is 4.57 Å². The summed E-state index contributed by atoms with van der Waals surface area (Å²) in [5.41, 5.74) is 5.80. The van der Waals surface area contributed by atoms with Gasteiger partial charge in [-0.15, -0.1) is 0 Å². The topological polar surface area (TPSA) is 17.8 Å². The zero-order chi connectivity index (χ0) is 14.1. The smallest absolute Gasteiger partial charge is 0.0954 e. The Kier molecular flexibility index (Phi) is 3.07. The van der Waals surface area contributed by atoms with Gasteiger partial charge in [0.1, 0.15) is 0 Å². The van der Waals surface area contributed by atoms with Crippen LogP contribution < -0.4 is 0 Å². The third kappa shape index (κ3) is 2.17. The molecule has 0 saturated heterocycles. The highest BCUT2D eigenvalue weighted by molar-refractivity contribution is 5.44. The average Bonchev–Trinajstić information content (AvgIpc) is 3.20.